The van der Waals surface area contributed by atoms with Gasteiger partial charge in [-0.25, -0.2) is 9.69 Å². The molecule has 1 N–H and O–H groups in total. The summed E-state index contributed by atoms with van der Waals surface area (Å²) in [7, 11) is 0. The first-order chi connectivity index (χ1) is 4.09. The Bertz CT molecular complexity index is 121. The summed E-state index contributed by atoms with van der Waals surface area (Å²) >= 11 is 0. The summed E-state index contributed by atoms with van der Waals surface area (Å²) < 4.78 is 0. The fourth-order valence-corrected chi connectivity index (χ4v) is 0.365. The molecule has 0 heterocycles. The standard InChI is InChI=1S/C5H8NO3/c1-4(2)6(3-7)5(8)9/h4H,1-2H3,(H,8,9). The van der Waals surface area contributed by atoms with E-state index in [9.17, 15) is 9.59 Å². The second kappa shape index (κ2) is 3.06. The summed E-state index contributed by atoms with van der Waals surface area (Å²) in [6.45, 7) is 3.19. The molecule has 0 aromatic rings. The quantitative estimate of drug-likeness (QED) is 0.552. The van der Waals surface area contributed by atoms with Gasteiger partial charge in [0.25, 0.3) is 0 Å². The Morgan fingerprint density at radius 1 is 1.67 bits per heavy atom. The lowest BCUT2D eigenvalue weighted by atomic mass is 10.4. The SMILES string of the molecule is CC(C)N([C]=O)C(=O)O. The van der Waals surface area contributed by atoms with E-state index in [1.807, 2.05) is 0 Å². The first-order valence-electron chi connectivity index (χ1n) is 2.49. The summed E-state index contributed by atoms with van der Waals surface area (Å²) in [5.74, 6) is 0. The van der Waals surface area contributed by atoms with Crippen molar-refractivity contribution in [1.29, 1.82) is 0 Å². The summed E-state index contributed by atoms with van der Waals surface area (Å²) in [6.07, 6.45) is 0.0208. The molecule has 0 unspecified atom stereocenters. The van der Waals surface area contributed by atoms with Crippen molar-refractivity contribution in [2.45, 2.75) is 19.9 Å². The van der Waals surface area contributed by atoms with Crippen LogP contribution < -0.4 is 0 Å². The van der Waals surface area contributed by atoms with Gasteiger partial charge in [-0.15, -0.1) is 0 Å². The number of carboxylic acid groups (broad SMARTS) is 1. The van der Waals surface area contributed by atoms with E-state index in [0.29, 0.717) is 4.90 Å². The number of nitrogens with zero attached hydrogens (tertiary/aromatic N) is 1. The van der Waals surface area contributed by atoms with Gasteiger partial charge >= 0.3 is 12.5 Å². The molecular formula is C5H8NO3. The minimum absolute atomic E-state index is 0.333. The normalized spacial score (nSPS) is 9.22. The van der Waals surface area contributed by atoms with Gasteiger partial charge in [0.1, 0.15) is 0 Å². The van der Waals surface area contributed by atoms with Crippen LogP contribution in [0.2, 0.25) is 0 Å². The zero-order chi connectivity index (χ0) is 7.44. The van der Waals surface area contributed by atoms with Gasteiger partial charge in [-0.05, 0) is 13.8 Å². The molecule has 0 bridgehead atoms. The van der Waals surface area contributed by atoms with Crippen LogP contribution >= 0.6 is 0 Å². The van der Waals surface area contributed by atoms with Crippen LogP contribution in [-0.2, 0) is 4.79 Å². The van der Waals surface area contributed by atoms with E-state index in [2.05, 4.69) is 0 Å². The van der Waals surface area contributed by atoms with Crippen LogP contribution in [0.1, 0.15) is 13.8 Å². The zero-order valence-electron chi connectivity index (χ0n) is 5.29. The molecule has 1 radical (unpaired) electrons. The van der Waals surface area contributed by atoms with Gasteiger partial charge < -0.3 is 5.11 Å². The lowest BCUT2D eigenvalue weighted by molar-refractivity contribution is 0.159. The maximum Gasteiger partial charge on any atom is 0.414 e. The van der Waals surface area contributed by atoms with Gasteiger partial charge in [-0.3, -0.25) is 4.79 Å². The molecule has 0 aliphatic carbocycles. The van der Waals surface area contributed by atoms with Gasteiger partial charge in [-0.2, -0.15) is 0 Å². The highest BCUT2D eigenvalue weighted by atomic mass is 16.4. The molecule has 0 fully saturated rings. The van der Waals surface area contributed by atoms with Crippen molar-refractivity contribution >= 4 is 12.5 Å². The number of rotatable bonds is 2. The first kappa shape index (κ1) is 7.94. The number of carbonyl (C=O) groups excluding carboxylic acids is 1. The van der Waals surface area contributed by atoms with Crippen LogP contribution in [-0.4, -0.2) is 28.6 Å². The summed E-state index contributed by atoms with van der Waals surface area (Å²) in [4.78, 5) is 20.4. The monoisotopic (exact) mass is 130 g/mol. The van der Waals surface area contributed by atoms with Crippen LogP contribution in [0.15, 0.2) is 0 Å². The fraction of sp³-hybridized carbons (Fsp3) is 0.600. The predicted molar refractivity (Wildman–Crippen MR) is 30.7 cm³/mol. The molecule has 0 rings (SSSR count). The average Bonchev–Trinajstić information content (AvgIpc) is 1.64. The van der Waals surface area contributed by atoms with Crippen molar-refractivity contribution in [3.05, 3.63) is 0 Å². The molecule has 4 heteroatoms. The van der Waals surface area contributed by atoms with Crippen molar-refractivity contribution < 1.29 is 14.7 Å². The molecule has 9 heavy (non-hydrogen) atoms. The minimum atomic E-state index is -1.26. The minimum Gasteiger partial charge on any atom is -0.465 e. The molecule has 0 atom stereocenters. The highest BCUT2D eigenvalue weighted by Crippen LogP contribution is 1.92. The lowest BCUT2D eigenvalue weighted by Crippen LogP contribution is -2.34. The maximum absolute atomic E-state index is 10.0. The van der Waals surface area contributed by atoms with Crippen LogP contribution in [0.4, 0.5) is 4.79 Å². The van der Waals surface area contributed by atoms with Crippen LogP contribution in [0.25, 0.3) is 0 Å². The van der Waals surface area contributed by atoms with E-state index in [1.165, 1.54) is 6.41 Å². The van der Waals surface area contributed by atoms with Gasteiger partial charge in [0, 0.05) is 6.04 Å². The van der Waals surface area contributed by atoms with E-state index in [0.717, 1.165) is 0 Å². The molecule has 0 aliphatic rings. The summed E-state index contributed by atoms with van der Waals surface area (Å²) in [6, 6.07) is -0.333. The Morgan fingerprint density at radius 3 is 2.11 bits per heavy atom. The average molecular weight is 130 g/mol. The summed E-state index contributed by atoms with van der Waals surface area (Å²) in [5, 5.41) is 8.21. The Hall–Kier alpha value is -1.06. The van der Waals surface area contributed by atoms with E-state index in [-0.39, 0.29) is 6.04 Å². The van der Waals surface area contributed by atoms with Crippen LogP contribution in [0.3, 0.4) is 0 Å². The Labute approximate surface area is 53.1 Å². The highest BCUT2D eigenvalue weighted by molar-refractivity contribution is 5.79. The fourth-order valence-electron chi connectivity index (χ4n) is 0.365. The molecule has 51 valence electrons. The Morgan fingerprint density at radius 2 is 2.11 bits per heavy atom. The molecule has 0 spiro atoms. The van der Waals surface area contributed by atoms with E-state index < -0.39 is 6.09 Å². The Balaban J connectivity index is 3.98. The first-order valence-corrected chi connectivity index (χ1v) is 2.49. The molecular weight excluding hydrogens is 122 g/mol. The smallest absolute Gasteiger partial charge is 0.414 e. The Kier molecular flexibility index (Phi) is 2.70. The van der Waals surface area contributed by atoms with Gasteiger partial charge in [0.05, 0.1) is 0 Å². The second-order valence-electron chi connectivity index (χ2n) is 1.84. The van der Waals surface area contributed by atoms with E-state index in [1.54, 1.807) is 13.8 Å². The van der Waals surface area contributed by atoms with E-state index in [4.69, 9.17) is 5.11 Å². The molecule has 4 nitrogen and oxygen atoms in total. The third-order valence-electron chi connectivity index (χ3n) is 0.821. The molecule has 0 aromatic heterocycles. The lowest BCUT2D eigenvalue weighted by Gasteiger charge is -2.12. The van der Waals surface area contributed by atoms with Crippen molar-refractivity contribution in [3.8, 4) is 0 Å². The summed E-state index contributed by atoms with van der Waals surface area (Å²) in [5.41, 5.74) is 0. The highest BCUT2D eigenvalue weighted by Gasteiger charge is 2.14. The molecule has 0 saturated heterocycles. The topological polar surface area (TPSA) is 57.6 Å². The van der Waals surface area contributed by atoms with Gasteiger partial charge in [0.15, 0.2) is 0 Å². The van der Waals surface area contributed by atoms with Gasteiger partial charge in [0.2, 0.25) is 0 Å². The van der Waals surface area contributed by atoms with Crippen LogP contribution in [0, 0.1) is 0 Å². The number of hydrogen-bond acceptors (Lipinski definition) is 2. The molecule has 0 aromatic carbocycles. The maximum atomic E-state index is 10.0. The van der Waals surface area contributed by atoms with Crippen molar-refractivity contribution in [2.24, 2.45) is 0 Å². The molecule has 0 saturated carbocycles. The number of carbonyl (C=O) groups is 1. The zero-order valence-corrected chi connectivity index (χ0v) is 5.29. The third-order valence-corrected chi connectivity index (χ3v) is 0.821. The van der Waals surface area contributed by atoms with Crippen molar-refractivity contribution in [1.82, 2.24) is 4.90 Å². The van der Waals surface area contributed by atoms with E-state index >= 15 is 0 Å². The largest absolute Gasteiger partial charge is 0.465 e. The third kappa shape index (κ3) is 2.12. The number of imide groups is 1. The second-order valence-corrected chi connectivity index (χ2v) is 1.84. The number of hydrogen-bond donors (Lipinski definition) is 1. The predicted octanol–water partition coefficient (Wildman–Crippen LogP) is 0.442. The van der Waals surface area contributed by atoms with Gasteiger partial charge in [-0.1, -0.05) is 0 Å². The molecule has 0 aliphatic heterocycles. The number of amides is 2. The van der Waals surface area contributed by atoms with Crippen LogP contribution in [0.5, 0.6) is 0 Å². The molecule has 2 amide bonds. The van der Waals surface area contributed by atoms with Crippen molar-refractivity contribution in [3.63, 3.8) is 0 Å². The van der Waals surface area contributed by atoms with Crippen molar-refractivity contribution in [2.75, 3.05) is 0 Å².